The Morgan fingerprint density at radius 3 is 2.52 bits per heavy atom. The molecule has 1 aliphatic carbocycles. The van der Waals surface area contributed by atoms with Crippen molar-refractivity contribution in [3.05, 3.63) is 47.8 Å². The summed E-state index contributed by atoms with van der Waals surface area (Å²) in [5.41, 5.74) is 1.72. The molecular formula is C24H25F2N3O4. The molecule has 0 aliphatic heterocycles. The number of pyridine rings is 1. The quantitative estimate of drug-likeness (QED) is 0.543. The Kier molecular flexibility index (Phi) is 5.82. The van der Waals surface area contributed by atoms with Gasteiger partial charge in [0.2, 0.25) is 0 Å². The molecule has 0 bridgehead atoms. The Morgan fingerprint density at radius 2 is 1.91 bits per heavy atom. The van der Waals surface area contributed by atoms with E-state index in [0.717, 1.165) is 18.4 Å². The van der Waals surface area contributed by atoms with Gasteiger partial charge in [0.1, 0.15) is 28.5 Å². The molecule has 0 atom stereocenters. The number of carbonyl (C=O) groups is 2. The maximum atomic E-state index is 13.2. The average molecular weight is 457 g/mol. The number of rotatable bonds is 8. The molecule has 3 aromatic rings. The minimum absolute atomic E-state index is 0.0252. The summed E-state index contributed by atoms with van der Waals surface area (Å²) >= 11 is 0. The van der Waals surface area contributed by atoms with Crippen molar-refractivity contribution in [3.8, 4) is 22.8 Å². The molecule has 2 aromatic heterocycles. The normalized spacial score (nSPS) is 13.9. The van der Waals surface area contributed by atoms with Gasteiger partial charge in [-0.25, -0.2) is 4.98 Å². The summed E-state index contributed by atoms with van der Waals surface area (Å²) in [5.74, 6) is -0.657. The third-order valence-corrected chi connectivity index (χ3v) is 6.05. The Labute approximate surface area is 189 Å². The fourth-order valence-corrected chi connectivity index (χ4v) is 3.58. The first kappa shape index (κ1) is 22.7. The number of imidazole rings is 1. The molecule has 1 amide bonds. The number of ketones is 1. The van der Waals surface area contributed by atoms with Crippen LogP contribution < -0.4 is 14.8 Å². The van der Waals surface area contributed by atoms with E-state index in [-0.39, 0.29) is 28.9 Å². The van der Waals surface area contributed by atoms with Crippen LogP contribution in [0.15, 0.2) is 36.7 Å². The van der Waals surface area contributed by atoms with Crippen LogP contribution in [-0.2, 0) is 10.2 Å². The number of nitrogens with one attached hydrogen (secondary N) is 1. The molecule has 174 valence electrons. The standard InChI is InChI=1S/C24H25F2N3O4/c1-13(30)24(2,3)15-7-8-29-17(12-27-20(29)11-15)14-9-18(32-4)21(19(10-14)33-23(25)26)22(31)28-16-5-6-16/h7-12,16,23H,5-6H2,1-4H3,(H,28,31). The number of amides is 1. The number of benzene rings is 1. The second-order valence-corrected chi connectivity index (χ2v) is 8.65. The van der Waals surface area contributed by atoms with E-state index in [4.69, 9.17) is 9.47 Å². The highest BCUT2D eigenvalue weighted by Gasteiger charge is 2.30. The monoisotopic (exact) mass is 457 g/mol. The van der Waals surface area contributed by atoms with Gasteiger partial charge in [-0.15, -0.1) is 0 Å². The summed E-state index contributed by atoms with van der Waals surface area (Å²) in [4.78, 5) is 29.2. The fourth-order valence-electron chi connectivity index (χ4n) is 3.58. The maximum Gasteiger partial charge on any atom is 0.387 e. The molecule has 33 heavy (non-hydrogen) atoms. The topological polar surface area (TPSA) is 81.9 Å². The molecule has 1 N–H and O–H groups in total. The number of carbonyl (C=O) groups excluding carboxylic acids is 2. The zero-order chi connectivity index (χ0) is 23.9. The lowest BCUT2D eigenvalue weighted by molar-refractivity contribution is -0.121. The number of ether oxygens (including phenoxy) is 2. The number of aromatic nitrogens is 2. The van der Waals surface area contributed by atoms with Crippen molar-refractivity contribution in [2.45, 2.75) is 51.7 Å². The number of halogens is 2. The molecule has 0 unspecified atom stereocenters. The third kappa shape index (κ3) is 4.40. The Morgan fingerprint density at radius 1 is 1.21 bits per heavy atom. The highest BCUT2D eigenvalue weighted by Crippen LogP contribution is 2.37. The van der Waals surface area contributed by atoms with E-state index in [2.05, 4.69) is 10.3 Å². The molecule has 1 saturated carbocycles. The minimum Gasteiger partial charge on any atom is -0.496 e. The van der Waals surface area contributed by atoms with E-state index in [1.54, 1.807) is 29.8 Å². The van der Waals surface area contributed by atoms with E-state index in [0.29, 0.717) is 16.9 Å². The van der Waals surface area contributed by atoms with Gasteiger partial charge in [-0.05, 0) is 63.4 Å². The van der Waals surface area contributed by atoms with Gasteiger partial charge in [0.15, 0.2) is 0 Å². The lowest BCUT2D eigenvalue weighted by Gasteiger charge is -2.21. The number of alkyl halides is 2. The molecule has 9 heteroatoms. The van der Waals surface area contributed by atoms with Gasteiger partial charge in [-0.3, -0.25) is 14.0 Å². The van der Waals surface area contributed by atoms with Gasteiger partial charge in [-0.2, -0.15) is 8.78 Å². The van der Waals surface area contributed by atoms with Crippen molar-refractivity contribution in [1.29, 1.82) is 0 Å². The number of hydrogen-bond donors (Lipinski definition) is 1. The van der Waals surface area contributed by atoms with Crippen LogP contribution in [0.4, 0.5) is 8.78 Å². The van der Waals surface area contributed by atoms with Gasteiger partial charge in [0.25, 0.3) is 5.91 Å². The van der Waals surface area contributed by atoms with E-state index < -0.39 is 17.9 Å². The first-order valence-corrected chi connectivity index (χ1v) is 10.6. The predicted octanol–water partition coefficient (Wildman–Crippen LogP) is 4.37. The van der Waals surface area contributed by atoms with Crippen molar-refractivity contribution in [2.75, 3.05) is 7.11 Å². The lowest BCUT2D eigenvalue weighted by atomic mass is 9.82. The molecule has 1 fully saturated rings. The van der Waals surface area contributed by atoms with Crippen LogP contribution in [0.5, 0.6) is 11.5 Å². The molecular weight excluding hydrogens is 432 g/mol. The number of Topliss-reactive ketones (excluding diaryl/α,β-unsaturated/α-hetero) is 1. The van der Waals surface area contributed by atoms with Gasteiger partial charge >= 0.3 is 6.61 Å². The molecule has 4 rings (SSSR count). The van der Waals surface area contributed by atoms with Crippen LogP contribution >= 0.6 is 0 Å². The molecule has 0 radical (unpaired) electrons. The van der Waals surface area contributed by atoms with E-state index >= 15 is 0 Å². The Bertz CT molecular complexity index is 1230. The van der Waals surface area contributed by atoms with Crippen LogP contribution in [0.3, 0.4) is 0 Å². The van der Waals surface area contributed by atoms with Gasteiger partial charge in [0.05, 0.1) is 19.0 Å². The van der Waals surface area contributed by atoms with Crippen LogP contribution in [-0.4, -0.2) is 40.8 Å². The predicted molar refractivity (Wildman–Crippen MR) is 118 cm³/mol. The number of nitrogens with zero attached hydrogens (tertiary/aromatic N) is 2. The maximum absolute atomic E-state index is 13.2. The zero-order valence-corrected chi connectivity index (χ0v) is 18.8. The second-order valence-electron chi connectivity index (χ2n) is 8.65. The van der Waals surface area contributed by atoms with Crippen molar-refractivity contribution in [1.82, 2.24) is 14.7 Å². The minimum atomic E-state index is -3.11. The van der Waals surface area contributed by atoms with Crippen LogP contribution in [0, 0.1) is 0 Å². The molecule has 1 aliphatic rings. The molecule has 2 heterocycles. The summed E-state index contributed by atoms with van der Waals surface area (Å²) in [6, 6.07) is 6.65. The highest BCUT2D eigenvalue weighted by molar-refractivity contribution is 6.01. The summed E-state index contributed by atoms with van der Waals surface area (Å²) in [5, 5.41) is 2.78. The largest absolute Gasteiger partial charge is 0.496 e. The first-order valence-electron chi connectivity index (χ1n) is 10.6. The summed E-state index contributed by atoms with van der Waals surface area (Å²) in [6.07, 6.45) is 5.05. The van der Waals surface area contributed by atoms with Crippen LogP contribution in [0.2, 0.25) is 0 Å². The van der Waals surface area contributed by atoms with E-state index in [9.17, 15) is 18.4 Å². The zero-order valence-electron chi connectivity index (χ0n) is 18.8. The van der Waals surface area contributed by atoms with Crippen LogP contribution in [0.1, 0.15) is 49.5 Å². The molecule has 1 aromatic carbocycles. The summed E-state index contributed by atoms with van der Waals surface area (Å²) < 4.78 is 38.2. The average Bonchev–Trinajstić information content (AvgIpc) is 3.47. The third-order valence-electron chi connectivity index (χ3n) is 6.05. The van der Waals surface area contributed by atoms with Gasteiger partial charge in [-0.1, -0.05) is 0 Å². The summed E-state index contributed by atoms with van der Waals surface area (Å²) in [6.45, 7) is 2.11. The van der Waals surface area contributed by atoms with E-state index in [1.807, 2.05) is 26.0 Å². The lowest BCUT2D eigenvalue weighted by Crippen LogP contribution is -2.27. The first-order chi connectivity index (χ1) is 15.6. The van der Waals surface area contributed by atoms with Crippen molar-refractivity contribution in [3.63, 3.8) is 0 Å². The smallest absolute Gasteiger partial charge is 0.387 e. The van der Waals surface area contributed by atoms with Crippen molar-refractivity contribution < 1.29 is 27.8 Å². The number of fused-ring (bicyclic) bond motifs is 1. The number of hydrogen-bond acceptors (Lipinski definition) is 5. The Balaban J connectivity index is 1.81. The second kappa shape index (κ2) is 8.46. The van der Waals surface area contributed by atoms with Crippen molar-refractivity contribution >= 4 is 17.3 Å². The fraction of sp³-hybridized carbons (Fsp3) is 0.375. The Hall–Kier alpha value is -3.49. The SMILES string of the molecule is COc1cc(-c2cnc3cc(C(C)(C)C(C)=O)ccn23)cc(OC(F)F)c1C(=O)NC1CC1. The van der Waals surface area contributed by atoms with Crippen LogP contribution in [0.25, 0.3) is 16.9 Å². The summed E-state index contributed by atoms with van der Waals surface area (Å²) in [7, 11) is 1.36. The molecule has 0 saturated heterocycles. The van der Waals surface area contributed by atoms with E-state index in [1.165, 1.54) is 13.2 Å². The van der Waals surface area contributed by atoms with Gasteiger partial charge < -0.3 is 14.8 Å². The molecule has 0 spiro atoms. The highest BCUT2D eigenvalue weighted by atomic mass is 19.3. The number of methoxy groups -OCH3 is 1. The molecule has 7 nitrogen and oxygen atoms in total. The van der Waals surface area contributed by atoms with Crippen molar-refractivity contribution in [2.24, 2.45) is 0 Å². The van der Waals surface area contributed by atoms with Gasteiger partial charge in [0, 0.05) is 23.2 Å².